The Kier molecular flexibility index (Phi) is 16.4. The molecule has 12 nitrogen and oxygen atoms in total. The van der Waals surface area contributed by atoms with E-state index in [1.807, 2.05) is 35.0 Å². The van der Waals surface area contributed by atoms with Gasteiger partial charge in [-0.3, -0.25) is 29.0 Å². The highest BCUT2D eigenvalue weighted by Crippen LogP contribution is 2.30. The van der Waals surface area contributed by atoms with E-state index < -0.39 is 17.7 Å². The highest BCUT2D eigenvalue weighted by atomic mass is 19.1. The van der Waals surface area contributed by atoms with Gasteiger partial charge in [0, 0.05) is 88.6 Å². The zero-order chi connectivity index (χ0) is 40.9. The molecular formula is C44H64F2N8O4. The maximum atomic E-state index is 14.2. The van der Waals surface area contributed by atoms with Crippen molar-refractivity contribution >= 4 is 23.6 Å². The average molecular weight is 807 g/mol. The van der Waals surface area contributed by atoms with Crippen LogP contribution in [0.2, 0.25) is 0 Å². The Hall–Kier alpha value is -3.98. The number of likely N-dealkylation sites (tertiary alicyclic amines) is 2. The fraction of sp³-hybridized carbons (Fsp3) is 0.636. The van der Waals surface area contributed by atoms with Gasteiger partial charge in [-0.25, -0.2) is 8.78 Å². The molecule has 4 N–H and O–H groups in total. The van der Waals surface area contributed by atoms with Crippen molar-refractivity contribution in [3.05, 3.63) is 70.8 Å². The molecule has 4 amide bonds. The van der Waals surface area contributed by atoms with Crippen molar-refractivity contribution in [2.24, 2.45) is 11.8 Å². The van der Waals surface area contributed by atoms with E-state index >= 15 is 0 Å². The van der Waals surface area contributed by atoms with Gasteiger partial charge in [-0.05, 0) is 94.3 Å². The summed E-state index contributed by atoms with van der Waals surface area (Å²) in [5.41, 5.74) is 1.80. The van der Waals surface area contributed by atoms with Crippen LogP contribution in [0.5, 0.6) is 0 Å². The lowest BCUT2D eigenvalue weighted by Crippen LogP contribution is -2.57. The fourth-order valence-electron chi connectivity index (χ4n) is 9.19. The van der Waals surface area contributed by atoms with Crippen molar-refractivity contribution in [3.63, 3.8) is 0 Å². The van der Waals surface area contributed by atoms with Gasteiger partial charge >= 0.3 is 0 Å². The number of piperidine rings is 2. The van der Waals surface area contributed by atoms with Gasteiger partial charge < -0.3 is 31.1 Å². The summed E-state index contributed by atoms with van der Waals surface area (Å²) in [6, 6.07) is 10.4. The molecule has 0 bridgehead atoms. The number of benzene rings is 2. The minimum Gasteiger partial charge on any atom is -0.354 e. The van der Waals surface area contributed by atoms with Gasteiger partial charge in [-0.1, -0.05) is 37.5 Å². The highest BCUT2D eigenvalue weighted by Gasteiger charge is 2.36. The zero-order valence-electron chi connectivity index (χ0n) is 34.3. The number of nitrogens with one attached hydrogen (secondary N) is 4. The van der Waals surface area contributed by atoms with Gasteiger partial charge in [0.2, 0.25) is 17.7 Å². The first-order chi connectivity index (χ1) is 28.2. The predicted molar refractivity (Wildman–Crippen MR) is 220 cm³/mol. The Bertz CT molecular complexity index is 1680. The normalized spacial score (nSPS) is 20.8. The number of nitrogens with zero attached hydrogens (tertiary/aromatic N) is 4. The Balaban J connectivity index is 0.983. The number of carbonyl (C=O) groups excluding carboxylic acids is 4. The largest absolute Gasteiger partial charge is 0.354 e. The third-order valence-corrected chi connectivity index (χ3v) is 12.6. The zero-order valence-corrected chi connectivity index (χ0v) is 34.3. The van der Waals surface area contributed by atoms with Crippen molar-refractivity contribution in [2.45, 2.75) is 76.3 Å². The van der Waals surface area contributed by atoms with Gasteiger partial charge in [0.05, 0.1) is 13.1 Å². The van der Waals surface area contributed by atoms with Gasteiger partial charge in [0.15, 0.2) is 0 Å². The lowest BCUT2D eigenvalue weighted by molar-refractivity contribution is -0.137. The quantitative estimate of drug-likeness (QED) is 0.191. The molecule has 58 heavy (non-hydrogen) atoms. The van der Waals surface area contributed by atoms with Crippen LogP contribution in [0, 0.1) is 23.5 Å². The van der Waals surface area contributed by atoms with Crippen molar-refractivity contribution < 1.29 is 28.0 Å². The lowest BCUT2D eigenvalue weighted by Gasteiger charge is -2.40. The van der Waals surface area contributed by atoms with E-state index in [2.05, 4.69) is 31.1 Å². The van der Waals surface area contributed by atoms with Crippen LogP contribution in [0.4, 0.5) is 8.78 Å². The van der Waals surface area contributed by atoms with Crippen LogP contribution in [-0.4, -0.2) is 141 Å². The van der Waals surface area contributed by atoms with E-state index in [9.17, 15) is 28.0 Å². The summed E-state index contributed by atoms with van der Waals surface area (Å²) in [5.74, 6) is -0.769. The Morgan fingerprint density at radius 1 is 0.793 bits per heavy atom. The van der Waals surface area contributed by atoms with Gasteiger partial charge in [-0.2, -0.15) is 0 Å². The van der Waals surface area contributed by atoms with Gasteiger partial charge in [0.1, 0.15) is 17.7 Å². The second-order valence-electron chi connectivity index (χ2n) is 16.8. The van der Waals surface area contributed by atoms with Crippen LogP contribution >= 0.6 is 0 Å². The number of carbonyl (C=O) groups is 4. The first-order valence-electron chi connectivity index (χ1n) is 21.6. The Morgan fingerprint density at radius 2 is 1.57 bits per heavy atom. The first kappa shape index (κ1) is 43.6. The number of likely N-dealkylation sites (N-methyl/N-ethyl adjacent to an activating group) is 1. The van der Waals surface area contributed by atoms with Crippen LogP contribution in [0.1, 0.15) is 85.2 Å². The second kappa shape index (κ2) is 21.9. The van der Waals surface area contributed by atoms with E-state index in [1.54, 1.807) is 6.07 Å². The van der Waals surface area contributed by atoms with Crippen LogP contribution in [0.3, 0.4) is 0 Å². The maximum absolute atomic E-state index is 14.2. The third-order valence-electron chi connectivity index (χ3n) is 12.6. The molecular weight excluding hydrogens is 743 g/mol. The van der Waals surface area contributed by atoms with E-state index in [0.717, 1.165) is 109 Å². The molecule has 4 aliphatic rings. The molecule has 1 aliphatic carbocycles. The number of rotatable bonds is 16. The van der Waals surface area contributed by atoms with Crippen LogP contribution in [-0.2, 0) is 20.9 Å². The summed E-state index contributed by atoms with van der Waals surface area (Å²) >= 11 is 0. The fourth-order valence-corrected chi connectivity index (χ4v) is 9.19. The summed E-state index contributed by atoms with van der Waals surface area (Å²) in [6.45, 7) is 8.94. The number of hydrogen-bond acceptors (Lipinski definition) is 8. The summed E-state index contributed by atoms with van der Waals surface area (Å²) < 4.78 is 27.3. The summed E-state index contributed by atoms with van der Waals surface area (Å²) in [5, 5.41) is 12.2. The monoisotopic (exact) mass is 807 g/mol. The molecule has 14 heteroatoms. The molecule has 2 atom stereocenters. The topological polar surface area (TPSA) is 129 Å². The molecule has 6 rings (SSSR count). The maximum Gasteiger partial charge on any atom is 0.251 e. The summed E-state index contributed by atoms with van der Waals surface area (Å²) in [6.07, 6.45) is 8.95. The number of hydrogen-bond donors (Lipinski definition) is 4. The molecule has 318 valence electrons. The molecule has 2 unspecified atom stereocenters. The molecule has 0 spiro atoms. The van der Waals surface area contributed by atoms with Crippen LogP contribution in [0.15, 0.2) is 42.5 Å². The van der Waals surface area contributed by atoms with Crippen molar-refractivity contribution in [2.75, 3.05) is 92.1 Å². The molecule has 3 heterocycles. The summed E-state index contributed by atoms with van der Waals surface area (Å²) in [7, 11) is 1.87. The Labute approximate surface area is 342 Å². The number of piperazine rings is 1. The van der Waals surface area contributed by atoms with E-state index in [1.165, 1.54) is 12.1 Å². The van der Waals surface area contributed by atoms with E-state index in [0.29, 0.717) is 56.3 Å². The van der Waals surface area contributed by atoms with Crippen LogP contribution < -0.4 is 21.3 Å². The SMILES string of the molecule is CNCCNC(=O)CN1CCC(CN2CCN(C(=O)C(NC(=O)c3cccc(C4CCCN(C(=O)CNCc5ccc(F)cc5F)C4)c3)C3CCCCC3)CC2)CC1. The second-order valence-corrected chi connectivity index (χ2v) is 16.8. The third kappa shape index (κ3) is 12.5. The molecule has 0 aromatic heterocycles. The minimum absolute atomic E-state index is 0.0227. The number of amides is 4. The molecule has 2 aromatic carbocycles. The molecule has 3 saturated heterocycles. The van der Waals surface area contributed by atoms with Crippen LogP contribution in [0.25, 0.3) is 0 Å². The minimum atomic E-state index is -0.644. The smallest absolute Gasteiger partial charge is 0.251 e. The molecule has 0 radical (unpaired) electrons. The average Bonchev–Trinajstić information content (AvgIpc) is 3.24. The van der Waals surface area contributed by atoms with E-state index in [-0.39, 0.29) is 48.6 Å². The van der Waals surface area contributed by atoms with Crippen molar-refractivity contribution in [1.82, 2.24) is 40.9 Å². The molecule has 4 fully saturated rings. The van der Waals surface area contributed by atoms with Crippen molar-refractivity contribution in [3.8, 4) is 0 Å². The number of halogens is 2. The summed E-state index contributed by atoms with van der Waals surface area (Å²) in [4.78, 5) is 62.0. The molecule has 1 saturated carbocycles. The van der Waals surface area contributed by atoms with E-state index in [4.69, 9.17) is 0 Å². The first-order valence-corrected chi connectivity index (χ1v) is 21.6. The van der Waals surface area contributed by atoms with Gasteiger partial charge in [-0.15, -0.1) is 0 Å². The highest BCUT2D eigenvalue weighted by molar-refractivity contribution is 5.98. The standard InChI is InChI=1S/C44H64F2N8O4/c1-47-16-17-49-40(55)31-51-19-14-32(15-20-51)29-52-21-23-53(24-22-52)44(58)42(33-7-3-2-4-8-33)50-43(57)35-10-5-9-34(25-35)37-11-6-18-54(30-37)41(56)28-48-27-36-12-13-38(45)26-39(36)46/h5,9-10,12-13,25-26,32-33,37,42,47-48H,2-4,6-8,11,14-24,27-31H2,1H3,(H,49,55)(H,50,57). The lowest BCUT2D eigenvalue weighted by atomic mass is 9.83. The molecule has 3 aliphatic heterocycles. The van der Waals surface area contributed by atoms with Crippen molar-refractivity contribution in [1.29, 1.82) is 0 Å². The Morgan fingerprint density at radius 3 is 2.31 bits per heavy atom. The predicted octanol–water partition coefficient (Wildman–Crippen LogP) is 3.33. The van der Waals surface area contributed by atoms with Gasteiger partial charge in [0.25, 0.3) is 5.91 Å². The molecule has 2 aromatic rings.